The Labute approximate surface area is 121 Å². The molecule has 0 aromatic carbocycles. The standard InChI is InChI=1S/C12H7IN4S/c1-17-11(9(13)5-16-17)12-8(4-14)7-2-3-15-6-10(7)18-12/h2-3,5-6H,1H3. The Hall–Kier alpha value is -1.46. The molecule has 0 radical (unpaired) electrons. The van der Waals surface area contributed by atoms with E-state index >= 15 is 0 Å². The average molecular weight is 366 g/mol. The molecule has 0 spiro atoms. The molecule has 3 heterocycles. The largest absolute Gasteiger partial charge is 0.266 e. The molecule has 3 aromatic rings. The van der Waals surface area contributed by atoms with Crippen molar-refractivity contribution in [3.63, 3.8) is 0 Å². The van der Waals surface area contributed by atoms with Crippen LogP contribution >= 0.6 is 33.9 Å². The molecule has 18 heavy (non-hydrogen) atoms. The van der Waals surface area contributed by atoms with Gasteiger partial charge in [0.05, 0.1) is 30.6 Å². The normalized spacial score (nSPS) is 10.7. The van der Waals surface area contributed by atoms with Gasteiger partial charge in [0.25, 0.3) is 0 Å². The average Bonchev–Trinajstić information content (AvgIpc) is 2.89. The van der Waals surface area contributed by atoms with E-state index in [1.165, 1.54) is 0 Å². The highest BCUT2D eigenvalue weighted by Gasteiger charge is 2.18. The molecule has 0 bridgehead atoms. The first kappa shape index (κ1) is 11.6. The van der Waals surface area contributed by atoms with Crippen molar-refractivity contribution in [2.24, 2.45) is 7.05 Å². The number of hydrogen-bond donors (Lipinski definition) is 0. The fourth-order valence-corrected chi connectivity index (χ4v) is 4.03. The monoisotopic (exact) mass is 366 g/mol. The molecule has 88 valence electrons. The van der Waals surface area contributed by atoms with Crippen LogP contribution in [0.2, 0.25) is 0 Å². The quantitative estimate of drug-likeness (QED) is 0.622. The lowest BCUT2D eigenvalue weighted by atomic mass is 10.1. The second kappa shape index (κ2) is 4.33. The molecular weight excluding hydrogens is 359 g/mol. The summed E-state index contributed by atoms with van der Waals surface area (Å²) >= 11 is 3.82. The molecule has 0 N–H and O–H groups in total. The summed E-state index contributed by atoms with van der Waals surface area (Å²) in [4.78, 5) is 5.07. The second-order valence-corrected chi connectivity index (χ2v) is 5.97. The molecule has 3 rings (SSSR count). The van der Waals surface area contributed by atoms with E-state index < -0.39 is 0 Å². The first-order valence-corrected chi connectivity index (χ1v) is 7.06. The van der Waals surface area contributed by atoms with Crippen molar-refractivity contribution in [3.05, 3.63) is 33.8 Å². The lowest BCUT2D eigenvalue weighted by molar-refractivity contribution is 0.777. The number of nitriles is 1. The van der Waals surface area contributed by atoms with Crippen LogP contribution in [0, 0.1) is 14.9 Å². The van der Waals surface area contributed by atoms with E-state index in [1.54, 1.807) is 34.6 Å². The topological polar surface area (TPSA) is 54.5 Å². The van der Waals surface area contributed by atoms with Gasteiger partial charge in [-0.15, -0.1) is 11.3 Å². The summed E-state index contributed by atoms with van der Waals surface area (Å²) in [5.74, 6) is 0. The number of nitrogens with zero attached hydrogens (tertiary/aromatic N) is 4. The van der Waals surface area contributed by atoms with E-state index in [4.69, 9.17) is 0 Å². The van der Waals surface area contributed by atoms with Crippen LogP contribution in [0.4, 0.5) is 0 Å². The molecule has 0 unspecified atom stereocenters. The minimum atomic E-state index is 0.707. The molecule has 0 saturated carbocycles. The first-order chi connectivity index (χ1) is 8.72. The number of rotatable bonds is 1. The van der Waals surface area contributed by atoms with Crippen LogP contribution in [0.25, 0.3) is 20.7 Å². The summed E-state index contributed by atoms with van der Waals surface area (Å²) in [5.41, 5.74) is 1.70. The maximum absolute atomic E-state index is 9.39. The van der Waals surface area contributed by atoms with Gasteiger partial charge in [0.2, 0.25) is 0 Å². The minimum Gasteiger partial charge on any atom is -0.266 e. The molecule has 6 heteroatoms. The Morgan fingerprint density at radius 1 is 1.44 bits per heavy atom. The Kier molecular flexibility index (Phi) is 2.80. The van der Waals surface area contributed by atoms with Crippen LogP contribution in [0.5, 0.6) is 0 Å². The fourth-order valence-electron chi connectivity index (χ4n) is 1.90. The molecule has 0 fully saturated rings. The van der Waals surface area contributed by atoms with E-state index in [2.05, 4.69) is 38.7 Å². The predicted octanol–water partition coefficient (Wildman–Crippen LogP) is 3.17. The molecule has 0 amide bonds. The fraction of sp³-hybridized carbons (Fsp3) is 0.0833. The van der Waals surface area contributed by atoms with E-state index in [0.29, 0.717) is 5.56 Å². The van der Waals surface area contributed by atoms with E-state index in [9.17, 15) is 5.26 Å². The van der Waals surface area contributed by atoms with Crippen LogP contribution in [-0.2, 0) is 7.05 Å². The summed E-state index contributed by atoms with van der Waals surface area (Å²) in [5, 5.41) is 14.6. The summed E-state index contributed by atoms with van der Waals surface area (Å²) in [6.07, 6.45) is 5.32. The van der Waals surface area contributed by atoms with Gasteiger partial charge in [0.1, 0.15) is 6.07 Å². The third-order valence-corrected chi connectivity index (χ3v) is 4.65. The number of thiophene rings is 1. The maximum atomic E-state index is 9.39. The highest BCUT2D eigenvalue weighted by atomic mass is 127. The number of pyridine rings is 1. The number of hydrogen-bond acceptors (Lipinski definition) is 4. The third kappa shape index (κ3) is 1.62. The molecule has 0 aliphatic rings. The summed E-state index contributed by atoms with van der Waals surface area (Å²) in [7, 11) is 1.89. The van der Waals surface area contributed by atoms with E-state index in [0.717, 1.165) is 24.2 Å². The molecule has 0 aliphatic heterocycles. The van der Waals surface area contributed by atoms with Crippen molar-refractivity contribution >= 4 is 44.0 Å². The molecule has 4 nitrogen and oxygen atoms in total. The first-order valence-electron chi connectivity index (χ1n) is 5.17. The number of fused-ring (bicyclic) bond motifs is 1. The molecule has 0 aliphatic carbocycles. The highest BCUT2D eigenvalue weighted by molar-refractivity contribution is 14.1. The van der Waals surface area contributed by atoms with Gasteiger partial charge in [-0.2, -0.15) is 10.4 Å². The zero-order chi connectivity index (χ0) is 12.7. The van der Waals surface area contributed by atoms with Crippen molar-refractivity contribution in [3.8, 4) is 16.6 Å². The third-order valence-electron chi connectivity index (χ3n) is 2.71. The van der Waals surface area contributed by atoms with Gasteiger partial charge in [-0.05, 0) is 28.7 Å². The number of halogens is 1. The van der Waals surface area contributed by atoms with Crippen molar-refractivity contribution in [2.45, 2.75) is 0 Å². The van der Waals surface area contributed by atoms with Crippen LogP contribution in [0.15, 0.2) is 24.7 Å². The lowest BCUT2D eigenvalue weighted by Crippen LogP contribution is -1.93. The van der Waals surface area contributed by atoms with Gasteiger partial charge >= 0.3 is 0 Å². The van der Waals surface area contributed by atoms with Crippen LogP contribution < -0.4 is 0 Å². The van der Waals surface area contributed by atoms with Crippen molar-refractivity contribution < 1.29 is 0 Å². The SMILES string of the molecule is Cn1ncc(I)c1-c1sc2cnccc2c1C#N. The highest BCUT2D eigenvalue weighted by Crippen LogP contribution is 2.39. The van der Waals surface area contributed by atoms with Gasteiger partial charge in [-0.1, -0.05) is 0 Å². The van der Waals surface area contributed by atoms with Crippen molar-refractivity contribution in [2.75, 3.05) is 0 Å². The second-order valence-electron chi connectivity index (χ2n) is 3.75. The van der Waals surface area contributed by atoms with E-state index in [-0.39, 0.29) is 0 Å². The van der Waals surface area contributed by atoms with Crippen LogP contribution in [0.3, 0.4) is 0 Å². The maximum Gasteiger partial charge on any atom is 0.101 e. The summed E-state index contributed by atoms with van der Waals surface area (Å²) in [6.45, 7) is 0. The lowest BCUT2D eigenvalue weighted by Gasteiger charge is -2.00. The van der Waals surface area contributed by atoms with Gasteiger partial charge < -0.3 is 0 Å². The number of aryl methyl sites for hydroxylation is 1. The van der Waals surface area contributed by atoms with Gasteiger partial charge in [-0.3, -0.25) is 9.67 Å². The smallest absolute Gasteiger partial charge is 0.101 e. The predicted molar refractivity (Wildman–Crippen MR) is 79.3 cm³/mol. The molecule has 0 atom stereocenters. The van der Waals surface area contributed by atoms with Crippen molar-refractivity contribution in [1.29, 1.82) is 5.26 Å². The Morgan fingerprint density at radius 2 is 2.28 bits per heavy atom. The molecule has 0 saturated heterocycles. The zero-order valence-corrected chi connectivity index (χ0v) is 12.4. The van der Waals surface area contributed by atoms with Gasteiger partial charge in [0.15, 0.2) is 0 Å². The molecule has 3 aromatic heterocycles. The van der Waals surface area contributed by atoms with Crippen LogP contribution in [0.1, 0.15) is 5.56 Å². The Bertz CT molecular complexity index is 762. The van der Waals surface area contributed by atoms with Gasteiger partial charge in [0, 0.05) is 24.8 Å². The Balaban J connectivity index is 2.40. The van der Waals surface area contributed by atoms with E-state index in [1.807, 2.05) is 13.1 Å². The van der Waals surface area contributed by atoms with Crippen LogP contribution in [-0.4, -0.2) is 14.8 Å². The summed E-state index contributed by atoms with van der Waals surface area (Å²) in [6, 6.07) is 4.19. The zero-order valence-electron chi connectivity index (χ0n) is 9.38. The summed E-state index contributed by atoms with van der Waals surface area (Å²) < 4.78 is 3.88. The molecular formula is C12H7IN4S. The van der Waals surface area contributed by atoms with Crippen molar-refractivity contribution in [1.82, 2.24) is 14.8 Å². The number of aromatic nitrogens is 3. The minimum absolute atomic E-state index is 0.707. The Morgan fingerprint density at radius 3 is 2.94 bits per heavy atom. The van der Waals surface area contributed by atoms with Gasteiger partial charge in [-0.25, -0.2) is 0 Å².